The van der Waals surface area contributed by atoms with Crippen molar-refractivity contribution in [1.29, 1.82) is 0 Å². The van der Waals surface area contributed by atoms with E-state index in [-0.39, 0.29) is 12.1 Å². The molecule has 0 unspecified atom stereocenters. The molecule has 0 bridgehead atoms. The fourth-order valence-corrected chi connectivity index (χ4v) is 3.89. The zero-order chi connectivity index (χ0) is 21.6. The van der Waals surface area contributed by atoms with E-state index in [1.54, 1.807) is 36.8 Å². The number of methoxy groups -OCH3 is 1. The van der Waals surface area contributed by atoms with Crippen LogP contribution in [0.15, 0.2) is 33.9 Å². The summed E-state index contributed by atoms with van der Waals surface area (Å²) in [6.45, 7) is 5.03. The third-order valence-electron chi connectivity index (χ3n) is 5.65. The van der Waals surface area contributed by atoms with Crippen molar-refractivity contribution in [2.24, 2.45) is 7.05 Å². The number of nitrogens with zero attached hydrogens (tertiary/aromatic N) is 5. The Bertz CT molecular complexity index is 1380. The number of benzene rings is 1. The predicted octanol–water partition coefficient (Wildman–Crippen LogP) is 1.99. The zero-order valence-electron chi connectivity index (χ0n) is 17.5. The summed E-state index contributed by atoms with van der Waals surface area (Å²) in [4.78, 5) is 30.9. The second-order valence-electron chi connectivity index (χ2n) is 7.41. The number of hydrogen-bond acceptors (Lipinski definition) is 4. The summed E-state index contributed by atoms with van der Waals surface area (Å²) in [6, 6.07) is 6.13. The van der Waals surface area contributed by atoms with E-state index in [0.717, 1.165) is 22.4 Å². The molecule has 30 heavy (non-hydrogen) atoms. The molecule has 0 saturated heterocycles. The third-order valence-corrected chi connectivity index (χ3v) is 5.65. The Morgan fingerprint density at radius 1 is 1.10 bits per heavy atom. The Hall–Kier alpha value is -3.20. The van der Waals surface area contributed by atoms with Crippen LogP contribution in [0.3, 0.4) is 0 Å². The highest BCUT2D eigenvalue weighted by Crippen LogP contribution is 2.21. The lowest BCUT2D eigenvalue weighted by Crippen LogP contribution is -2.39. The first kappa shape index (κ1) is 20.1. The summed E-state index contributed by atoms with van der Waals surface area (Å²) in [5.41, 5.74) is 1.75. The minimum atomic E-state index is -0.531. The highest BCUT2D eigenvalue weighted by atomic mass is 19.1. The number of imidazole rings is 2. The Kier molecular flexibility index (Phi) is 5.07. The Balaban J connectivity index is 1.98. The maximum atomic E-state index is 14.2. The highest BCUT2D eigenvalue weighted by Gasteiger charge is 2.22. The molecule has 3 aromatic heterocycles. The van der Waals surface area contributed by atoms with Gasteiger partial charge in [-0.3, -0.25) is 18.3 Å². The average molecular weight is 413 g/mol. The van der Waals surface area contributed by atoms with E-state index >= 15 is 0 Å². The summed E-state index contributed by atoms with van der Waals surface area (Å²) in [5.74, 6) is 0.146. The lowest BCUT2D eigenvalue weighted by Gasteiger charge is -2.09. The summed E-state index contributed by atoms with van der Waals surface area (Å²) < 4.78 is 25.5. The fraction of sp³-hybridized carbons (Fsp3) is 0.381. The van der Waals surface area contributed by atoms with Gasteiger partial charge in [-0.25, -0.2) is 9.18 Å². The van der Waals surface area contributed by atoms with Crippen LogP contribution in [-0.2, 0) is 24.9 Å². The number of aryl methyl sites for hydroxylation is 3. The molecule has 0 N–H and O–H groups in total. The van der Waals surface area contributed by atoms with E-state index in [2.05, 4.69) is 4.98 Å². The van der Waals surface area contributed by atoms with Gasteiger partial charge >= 0.3 is 5.69 Å². The number of hydrogen-bond donors (Lipinski definition) is 0. The lowest BCUT2D eigenvalue weighted by atomic mass is 10.2. The molecule has 9 heteroatoms. The molecular weight excluding hydrogens is 389 g/mol. The first-order chi connectivity index (χ1) is 14.4. The van der Waals surface area contributed by atoms with Crippen molar-refractivity contribution in [3.05, 3.63) is 67.9 Å². The predicted molar refractivity (Wildman–Crippen MR) is 112 cm³/mol. The van der Waals surface area contributed by atoms with Crippen LogP contribution in [-0.4, -0.2) is 36.8 Å². The summed E-state index contributed by atoms with van der Waals surface area (Å²) >= 11 is 0. The van der Waals surface area contributed by atoms with E-state index in [4.69, 9.17) is 4.74 Å². The SMILES string of the molecule is COCCCn1c(C)c(C)n2c3c(=O)n(Cc4ccccc4F)c(=O)n(C)c3nc12. The number of rotatable bonds is 6. The Labute approximate surface area is 171 Å². The van der Waals surface area contributed by atoms with Crippen molar-refractivity contribution < 1.29 is 9.13 Å². The first-order valence-corrected chi connectivity index (χ1v) is 9.76. The van der Waals surface area contributed by atoms with Crippen LogP contribution in [0.25, 0.3) is 16.9 Å². The van der Waals surface area contributed by atoms with Gasteiger partial charge in [0.15, 0.2) is 11.2 Å². The van der Waals surface area contributed by atoms with Crippen LogP contribution in [0.1, 0.15) is 23.4 Å². The van der Waals surface area contributed by atoms with Gasteiger partial charge in [0, 0.05) is 44.3 Å². The normalized spacial score (nSPS) is 11.8. The molecule has 0 aliphatic carbocycles. The third kappa shape index (κ3) is 2.97. The van der Waals surface area contributed by atoms with E-state index in [1.165, 1.54) is 10.6 Å². The van der Waals surface area contributed by atoms with Crippen molar-refractivity contribution in [3.8, 4) is 0 Å². The number of ether oxygens (including phenoxy) is 1. The molecule has 8 nitrogen and oxygen atoms in total. The van der Waals surface area contributed by atoms with Crippen LogP contribution in [0.2, 0.25) is 0 Å². The quantitative estimate of drug-likeness (QED) is 0.453. The van der Waals surface area contributed by atoms with Gasteiger partial charge in [-0.2, -0.15) is 4.98 Å². The van der Waals surface area contributed by atoms with Gasteiger partial charge in [-0.1, -0.05) is 18.2 Å². The van der Waals surface area contributed by atoms with E-state index in [1.807, 2.05) is 18.4 Å². The van der Waals surface area contributed by atoms with Crippen molar-refractivity contribution in [1.82, 2.24) is 23.1 Å². The monoisotopic (exact) mass is 413 g/mol. The van der Waals surface area contributed by atoms with E-state index < -0.39 is 17.1 Å². The molecule has 0 radical (unpaired) electrons. The molecule has 0 atom stereocenters. The van der Waals surface area contributed by atoms with E-state index in [0.29, 0.717) is 30.1 Å². The van der Waals surface area contributed by atoms with Crippen molar-refractivity contribution in [3.63, 3.8) is 0 Å². The molecule has 0 aliphatic heterocycles. The van der Waals surface area contributed by atoms with Crippen molar-refractivity contribution in [2.45, 2.75) is 33.4 Å². The smallest absolute Gasteiger partial charge is 0.332 e. The molecule has 0 amide bonds. The molecule has 3 heterocycles. The number of fused-ring (bicyclic) bond motifs is 3. The molecular formula is C21H24FN5O3. The van der Waals surface area contributed by atoms with Crippen LogP contribution in [0, 0.1) is 19.7 Å². The molecule has 4 rings (SSSR count). The first-order valence-electron chi connectivity index (χ1n) is 9.76. The Morgan fingerprint density at radius 3 is 2.53 bits per heavy atom. The number of aromatic nitrogens is 5. The van der Waals surface area contributed by atoms with Gasteiger partial charge in [0.05, 0.1) is 6.54 Å². The summed E-state index contributed by atoms with van der Waals surface area (Å²) in [6.07, 6.45) is 0.792. The Morgan fingerprint density at radius 2 is 1.83 bits per heavy atom. The van der Waals surface area contributed by atoms with Crippen LogP contribution in [0.5, 0.6) is 0 Å². The summed E-state index contributed by atoms with van der Waals surface area (Å²) in [5, 5.41) is 0. The van der Waals surface area contributed by atoms with Gasteiger partial charge < -0.3 is 9.30 Å². The number of halogens is 1. The van der Waals surface area contributed by atoms with Crippen LogP contribution >= 0.6 is 0 Å². The minimum Gasteiger partial charge on any atom is -0.385 e. The summed E-state index contributed by atoms with van der Waals surface area (Å²) in [7, 11) is 3.23. The van der Waals surface area contributed by atoms with E-state index in [9.17, 15) is 14.0 Å². The molecule has 4 aromatic rings. The van der Waals surface area contributed by atoms with Gasteiger partial charge in [0.2, 0.25) is 5.78 Å². The highest BCUT2D eigenvalue weighted by molar-refractivity contribution is 5.76. The largest absolute Gasteiger partial charge is 0.385 e. The second kappa shape index (κ2) is 7.56. The van der Waals surface area contributed by atoms with Gasteiger partial charge in [0.25, 0.3) is 5.56 Å². The molecule has 158 valence electrons. The molecule has 0 aliphatic rings. The van der Waals surface area contributed by atoms with Gasteiger partial charge in [-0.05, 0) is 26.3 Å². The molecule has 0 spiro atoms. The molecule has 0 fully saturated rings. The van der Waals surface area contributed by atoms with Gasteiger partial charge in [-0.15, -0.1) is 0 Å². The lowest BCUT2D eigenvalue weighted by molar-refractivity contribution is 0.190. The van der Waals surface area contributed by atoms with Crippen molar-refractivity contribution >= 4 is 16.9 Å². The maximum absolute atomic E-state index is 14.2. The van der Waals surface area contributed by atoms with Gasteiger partial charge in [0.1, 0.15) is 5.82 Å². The minimum absolute atomic E-state index is 0.145. The zero-order valence-corrected chi connectivity index (χ0v) is 17.5. The fourth-order valence-electron chi connectivity index (χ4n) is 3.89. The average Bonchev–Trinajstić information content (AvgIpc) is 3.22. The van der Waals surface area contributed by atoms with Crippen LogP contribution in [0.4, 0.5) is 4.39 Å². The van der Waals surface area contributed by atoms with Crippen LogP contribution < -0.4 is 11.2 Å². The topological polar surface area (TPSA) is 75.5 Å². The second-order valence-corrected chi connectivity index (χ2v) is 7.41. The molecule has 0 saturated carbocycles. The molecule has 1 aromatic carbocycles. The standard InChI is InChI=1S/C21H24FN5O3/c1-13-14(2)27-17-18(23-20(27)25(13)10-7-11-30-4)24(3)21(29)26(19(17)28)12-15-8-5-6-9-16(15)22/h5-6,8-9H,7,10-12H2,1-4H3. The maximum Gasteiger partial charge on any atom is 0.332 e. The van der Waals surface area contributed by atoms with Crippen molar-refractivity contribution in [2.75, 3.05) is 13.7 Å².